The summed E-state index contributed by atoms with van der Waals surface area (Å²) in [5.74, 6) is 0.466. The van der Waals surface area contributed by atoms with E-state index >= 15 is 0 Å². The van der Waals surface area contributed by atoms with E-state index in [0.29, 0.717) is 42.7 Å². The zero-order valence-electron chi connectivity index (χ0n) is 12.9. The first-order valence-corrected chi connectivity index (χ1v) is 9.29. The van der Waals surface area contributed by atoms with Crippen molar-refractivity contribution < 1.29 is 12.8 Å². The van der Waals surface area contributed by atoms with Gasteiger partial charge in [0.15, 0.2) is 0 Å². The van der Waals surface area contributed by atoms with Crippen LogP contribution in [-0.2, 0) is 10.0 Å². The topological polar surface area (TPSA) is 75.2 Å². The largest absolute Gasteiger partial charge is 0.356 e. The van der Waals surface area contributed by atoms with Crippen molar-refractivity contribution in [1.82, 2.24) is 14.7 Å². The van der Waals surface area contributed by atoms with E-state index in [4.69, 9.17) is 0 Å². The van der Waals surface area contributed by atoms with Gasteiger partial charge in [-0.1, -0.05) is 0 Å². The fraction of sp³-hybridized carbons (Fsp3) is 0.467. The molecule has 23 heavy (non-hydrogen) atoms. The highest BCUT2D eigenvalue weighted by molar-refractivity contribution is 7.89. The fourth-order valence-corrected chi connectivity index (χ4v) is 3.72. The summed E-state index contributed by atoms with van der Waals surface area (Å²) in [6, 6.07) is 4.40. The van der Waals surface area contributed by atoms with Crippen molar-refractivity contribution in [3.8, 4) is 0 Å². The molecule has 1 aliphatic rings. The van der Waals surface area contributed by atoms with Crippen LogP contribution in [0.1, 0.15) is 19.8 Å². The summed E-state index contributed by atoms with van der Waals surface area (Å²) in [6.07, 6.45) is 2.86. The minimum Gasteiger partial charge on any atom is -0.356 e. The number of nitrogens with one attached hydrogen (secondary N) is 1. The van der Waals surface area contributed by atoms with Gasteiger partial charge in [-0.05, 0) is 38.0 Å². The van der Waals surface area contributed by atoms with Crippen molar-refractivity contribution >= 4 is 26.7 Å². The molecule has 0 saturated carbocycles. The van der Waals surface area contributed by atoms with Crippen LogP contribution in [0.3, 0.4) is 0 Å². The summed E-state index contributed by atoms with van der Waals surface area (Å²) in [6.45, 7) is 2.96. The molecule has 3 rings (SSSR count). The number of nitrogens with zero attached hydrogens (tertiary/aromatic N) is 3. The van der Waals surface area contributed by atoms with Crippen LogP contribution in [0.2, 0.25) is 0 Å². The number of aromatic nitrogens is 2. The highest BCUT2D eigenvalue weighted by Gasteiger charge is 2.24. The Kier molecular flexibility index (Phi) is 4.45. The van der Waals surface area contributed by atoms with Crippen molar-refractivity contribution in [2.75, 3.05) is 23.7 Å². The lowest BCUT2D eigenvalue weighted by Gasteiger charge is -2.33. The molecule has 1 aromatic carbocycles. The van der Waals surface area contributed by atoms with E-state index in [2.05, 4.69) is 19.6 Å². The molecule has 0 spiro atoms. The Morgan fingerprint density at radius 3 is 2.74 bits per heavy atom. The molecule has 0 unspecified atom stereocenters. The molecule has 0 bridgehead atoms. The highest BCUT2D eigenvalue weighted by Crippen LogP contribution is 2.26. The molecule has 0 radical (unpaired) electrons. The maximum absolute atomic E-state index is 13.5. The van der Waals surface area contributed by atoms with E-state index in [1.807, 2.05) is 0 Å². The van der Waals surface area contributed by atoms with Gasteiger partial charge >= 0.3 is 0 Å². The van der Waals surface area contributed by atoms with Crippen LogP contribution in [0.25, 0.3) is 10.9 Å². The van der Waals surface area contributed by atoms with Gasteiger partial charge < -0.3 is 4.90 Å². The van der Waals surface area contributed by atoms with Crippen molar-refractivity contribution in [3.05, 3.63) is 30.3 Å². The third-order valence-corrected chi connectivity index (χ3v) is 5.55. The summed E-state index contributed by atoms with van der Waals surface area (Å²) in [5, 5.41) is 0.681. The Bertz CT molecular complexity index is 804. The molecule has 0 aliphatic carbocycles. The van der Waals surface area contributed by atoms with Gasteiger partial charge in [-0.2, -0.15) is 0 Å². The number of anilines is 1. The van der Waals surface area contributed by atoms with Crippen molar-refractivity contribution in [1.29, 1.82) is 0 Å². The van der Waals surface area contributed by atoms with Crippen LogP contribution in [0.5, 0.6) is 0 Å². The van der Waals surface area contributed by atoms with Crippen LogP contribution in [0, 0.1) is 5.82 Å². The number of hydrogen-bond donors (Lipinski definition) is 1. The summed E-state index contributed by atoms with van der Waals surface area (Å²) >= 11 is 0. The van der Waals surface area contributed by atoms with Gasteiger partial charge in [0, 0.05) is 24.5 Å². The van der Waals surface area contributed by atoms with Gasteiger partial charge in [0.25, 0.3) is 0 Å². The predicted octanol–water partition coefficient (Wildman–Crippen LogP) is 1.68. The molecule has 6 nitrogen and oxygen atoms in total. The normalized spacial score (nSPS) is 16.9. The van der Waals surface area contributed by atoms with Gasteiger partial charge in [-0.3, -0.25) is 0 Å². The second kappa shape index (κ2) is 6.37. The van der Waals surface area contributed by atoms with Crippen LogP contribution in [0.15, 0.2) is 24.5 Å². The van der Waals surface area contributed by atoms with E-state index in [1.165, 1.54) is 18.5 Å². The predicted molar refractivity (Wildman–Crippen MR) is 87.3 cm³/mol. The minimum atomic E-state index is -3.19. The van der Waals surface area contributed by atoms with Gasteiger partial charge in [-0.15, -0.1) is 0 Å². The minimum absolute atomic E-state index is 0.0546. The number of benzene rings is 1. The Hall–Kier alpha value is -1.80. The van der Waals surface area contributed by atoms with Gasteiger partial charge in [-0.25, -0.2) is 27.5 Å². The molecule has 1 saturated heterocycles. The summed E-state index contributed by atoms with van der Waals surface area (Å²) in [5.41, 5.74) is 0.699. The third kappa shape index (κ3) is 3.59. The van der Waals surface area contributed by atoms with Gasteiger partial charge in [0.05, 0.1) is 11.3 Å². The fourth-order valence-electron chi connectivity index (χ4n) is 2.81. The van der Waals surface area contributed by atoms with Crippen LogP contribution in [0.4, 0.5) is 10.2 Å². The molecule has 0 atom stereocenters. The summed E-state index contributed by atoms with van der Waals surface area (Å²) in [7, 11) is -3.19. The monoisotopic (exact) mass is 338 g/mol. The van der Waals surface area contributed by atoms with E-state index < -0.39 is 10.0 Å². The van der Waals surface area contributed by atoms with E-state index in [9.17, 15) is 12.8 Å². The molecule has 0 amide bonds. The van der Waals surface area contributed by atoms with Crippen LogP contribution < -0.4 is 9.62 Å². The molecule has 1 aromatic heterocycles. The van der Waals surface area contributed by atoms with Crippen molar-refractivity contribution in [2.24, 2.45) is 0 Å². The average Bonchev–Trinajstić information content (AvgIpc) is 2.55. The Morgan fingerprint density at radius 1 is 1.30 bits per heavy atom. The summed E-state index contributed by atoms with van der Waals surface area (Å²) in [4.78, 5) is 10.5. The molecule has 1 aliphatic heterocycles. The molecule has 8 heteroatoms. The molecule has 2 aromatic rings. The zero-order valence-corrected chi connectivity index (χ0v) is 13.7. The molecule has 2 heterocycles. The number of halogens is 1. The van der Waals surface area contributed by atoms with E-state index in [0.717, 1.165) is 0 Å². The number of rotatable bonds is 4. The Labute approximate surface area is 134 Å². The second-order valence-electron chi connectivity index (χ2n) is 5.64. The Balaban J connectivity index is 1.77. The highest BCUT2D eigenvalue weighted by atomic mass is 32.2. The maximum Gasteiger partial charge on any atom is 0.211 e. The standard InChI is InChI=1S/C15H19FN4O2S/c1-2-23(21,22)19-12-5-7-20(8-6-12)15-13-9-11(16)3-4-14(13)17-10-18-15/h3-4,9-10,12,19H,2,5-8H2,1H3. The first kappa shape index (κ1) is 16.1. The average molecular weight is 338 g/mol. The van der Waals surface area contributed by atoms with Crippen molar-refractivity contribution in [2.45, 2.75) is 25.8 Å². The SMILES string of the molecule is CCS(=O)(=O)NC1CCN(c2ncnc3ccc(F)cc23)CC1. The van der Waals surface area contributed by atoms with Gasteiger partial charge in [0.1, 0.15) is 18.0 Å². The zero-order chi connectivity index (χ0) is 16.4. The summed E-state index contributed by atoms with van der Waals surface area (Å²) < 4.78 is 39.5. The van der Waals surface area contributed by atoms with E-state index in [-0.39, 0.29) is 17.6 Å². The maximum atomic E-state index is 13.5. The quantitative estimate of drug-likeness (QED) is 0.918. The van der Waals surface area contributed by atoms with Crippen LogP contribution in [-0.4, -0.2) is 43.3 Å². The van der Waals surface area contributed by atoms with Crippen LogP contribution >= 0.6 is 0 Å². The molecule has 1 fully saturated rings. The molecule has 1 N–H and O–H groups in total. The van der Waals surface area contributed by atoms with Crippen molar-refractivity contribution in [3.63, 3.8) is 0 Å². The first-order valence-electron chi connectivity index (χ1n) is 7.64. The number of sulfonamides is 1. The molecular formula is C15H19FN4O2S. The lowest BCUT2D eigenvalue weighted by molar-refractivity contribution is 0.459. The lowest BCUT2D eigenvalue weighted by atomic mass is 10.1. The van der Waals surface area contributed by atoms with Gasteiger partial charge in [0.2, 0.25) is 10.0 Å². The first-order chi connectivity index (χ1) is 11.0. The Morgan fingerprint density at radius 2 is 2.04 bits per heavy atom. The van der Waals surface area contributed by atoms with E-state index in [1.54, 1.807) is 13.0 Å². The smallest absolute Gasteiger partial charge is 0.211 e. The number of hydrogen-bond acceptors (Lipinski definition) is 5. The molecular weight excluding hydrogens is 319 g/mol. The lowest BCUT2D eigenvalue weighted by Crippen LogP contribution is -2.45. The second-order valence-corrected chi connectivity index (χ2v) is 7.68. The molecule has 124 valence electrons. The number of piperidine rings is 1. The third-order valence-electron chi connectivity index (χ3n) is 4.10. The number of fused-ring (bicyclic) bond motifs is 1.